The molecule has 4 aliphatic rings. The first-order valence-corrected chi connectivity index (χ1v) is 14.9. The van der Waals surface area contributed by atoms with E-state index in [1.54, 1.807) is 12.1 Å². The zero-order valence-corrected chi connectivity index (χ0v) is 24.2. The summed E-state index contributed by atoms with van der Waals surface area (Å²) >= 11 is 0. The van der Waals surface area contributed by atoms with E-state index in [4.69, 9.17) is 4.84 Å². The predicted molar refractivity (Wildman–Crippen MR) is 156 cm³/mol. The number of hydrogen-bond acceptors (Lipinski definition) is 12. The molecule has 228 valence electrons. The molecule has 0 radical (unpaired) electrons. The van der Waals surface area contributed by atoms with Crippen molar-refractivity contribution in [3.63, 3.8) is 0 Å². The number of rotatable bonds is 7. The number of nitrogens with zero attached hydrogens (tertiary/aromatic N) is 1. The van der Waals surface area contributed by atoms with E-state index in [1.807, 2.05) is 12.1 Å². The van der Waals surface area contributed by atoms with Crippen molar-refractivity contribution in [3.8, 4) is 0 Å². The molecule has 4 fully saturated rings. The minimum atomic E-state index is -0.722. The number of carbonyl (C=O) groups excluding carboxylic acids is 3. The zero-order chi connectivity index (χ0) is 29.0. The summed E-state index contributed by atoms with van der Waals surface area (Å²) in [6, 6.07) is 7.05. The smallest absolute Gasteiger partial charge is 0.325 e. The largest absolute Gasteiger partial charge is 0.363 e. The highest BCUT2D eigenvalue weighted by atomic mass is 16.7. The highest BCUT2D eigenvalue weighted by Crippen LogP contribution is 2.15. The first-order chi connectivity index (χ1) is 19.9. The molecule has 4 saturated heterocycles. The third-order valence-corrected chi connectivity index (χ3v) is 7.80. The molecule has 1 aromatic rings. The SMILES string of the molecule is CCNC12CNCCNCC(NCc3ccc(C(=O)ON4C(=O)CCC4=O)cc3)(CNCCNC1)CNCCNC2. The van der Waals surface area contributed by atoms with Gasteiger partial charge in [0.2, 0.25) is 0 Å². The molecule has 0 aliphatic carbocycles. The minimum absolute atomic E-state index is 0.0520. The fourth-order valence-corrected chi connectivity index (χ4v) is 5.46. The number of nitrogens with one attached hydrogen (secondary N) is 8. The summed E-state index contributed by atoms with van der Waals surface area (Å²) in [7, 11) is 0. The maximum atomic E-state index is 12.5. The van der Waals surface area contributed by atoms with Crippen molar-refractivity contribution in [1.82, 2.24) is 47.6 Å². The lowest BCUT2D eigenvalue weighted by atomic mass is 9.97. The van der Waals surface area contributed by atoms with Crippen molar-refractivity contribution >= 4 is 17.8 Å². The van der Waals surface area contributed by atoms with Crippen molar-refractivity contribution in [2.75, 3.05) is 85.1 Å². The number of amides is 2. The Balaban J connectivity index is 1.39. The van der Waals surface area contributed by atoms with Crippen LogP contribution in [0.1, 0.15) is 35.7 Å². The van der Waals surface area contributed by atoms with Crippen LogP contribution < -0.4 is 42.5 Å². The lowest BCUT2D eigenvalue weighted by Crippen LogP contribution is -2.66. The maximum absolute atomic E-state index is 12.5. The van der Waals surface area contributed by atoms with E-state index in [0.717, 1.165) is 90.6 Å². The van der Waals surface area contributed by atoms with Gasteiger partial charge in [0.15, 0.2) is 0 Å². The quantitative estimate of drug-likeness (QED) is 0.164. The zero-order valence-electron chi connectivity index (χ0n) is 24.2. The highest BCUT2D eigenvalue weighted by Gasteiger charge is 2.34. The number of carbonyl (C=O) groups is 3. The molecule has 2 amide bonds. The summed E-state index contributed by atoms with van der Waals surface area (Å²) in [5, 5.41) is 30.0. The molecular weight excluding hydrogens is 526 g/mol. The van der Waals surface area contributed by atoms with Crippen molar-refractivity contribution < 1.29 is 19.2 Å². The average molecular weight is 574 g/mol. The Bertz CT molecular complexity index is 947. The van der Waals surface area contributed by atoms with Crippen LogP contribution in [-0.4, -0.2) is 119 Å². The van der Waals surface area contributed by atoms with Crippen molar-refractivity contribution in [2.45, 2.75) is 37.4 Å². The lowest BCUT2D eigenvalue weighted by Gasteiger charge is -2.39. The van der Waals surface area contributed by atoms with E-state index >= 15 is 0 Å². The van der Waals surface area contributed by atoms with Crippen LogP contribution in [0.4, 0.5) is 0 Å². The normalized spacial score (nSPS) is 27.4. The first-order valence-electron chi connectivity index (χ1n) is 14.9. The number of hydroxylamine groups is 2. The van der Waals surface area contributed by atoms with Crippen LogP contribution in [0.5, 0.6) is 0 Å². The molecule has 0 spiro atoms. The Morgan fingerprint density at radius 1 is 0.732 bits per heavy atom. The number of benzene rings is 1. The van der Waals surface area contributed by atoms with Crippen molar-refractivity contribution in [3.05, 3.63) is 35.4 Å². The van der Waals surface area contributed by atoms with Gasteiger partial charge in [0.1, 0.15) is 0 Å². The molecule has 2 bridgehead atoms. The molecule has 0 aromatic heterocycles. The van der Waals surface area contributed by atoms with Crippen LogP contribution in [0.2, 0.25) is 0 Å². The van der Waals surface area contributed by atoms with Gasteiger partial charge in [-0.2, -0.15) is 0 Å². The van der Waals surface area contributed by atoms with Gasteiger partial charge in [-0.05, 0) is 24.2 Å². The second-order valence-corrected chi connectivity index (χ2v) is 11.2. The van der Waals surface area contributed by atoms with Gasteiger partial charge in [0, 0.05) is 97.9 Å². The van der Waals surface area contributed by atoms with Gasteiger partial charge in [0.05, 0.1) is 16.6 Å². The summed E-state index contributed by atoms with van der Waals surface area (Å²) in [6.45, 7) is 13.8. The molecule has 0 unspecified atom stereocenters. The van der Waals surface area contributed by atoms with E-state index in [2.05, 4.69) is 49.5 Å². The van der Waals surface area contributed by atoms with E-state index < -0.39 is 17.8 Å². The van der Waals surface area contributed by atoms with Gasteiger partial charge in [-0.1, -0.05) is 19.1 Å². The Hall–Kier alpha value is -2.49. The van der Waals surface area contributed by atoms with Gasteiger partial charge in [-0.25, -0.2) is 4.79 Å². The third kappa shape index (κ3) is 9.25. The van der Waals surface area contributed by atoms with Crippen LogP contribution in [0.15, 0.2) is 24.3 Å². The van der Waals surface area contributed by atoms with Crippen molar-refractivity contribution in [2.24, 2.45) is 0 Å². The standard InChI is InChI=1S/C28H47N9O4/c1-2-35-27-16-29-9-12-32-19-28(20-33-13-10-30-17-27,21-34-14-11-31-18-27)36-15-22-3-5-23(6-4-22)26(40)41-37-24(38)7-8-25(37)39/h3-6,29-36H,2,7-21H2,1H3. The summed E-state index contributed by atoms with van der Waals surface area (Å²) < 4.78 is 0. The number of likely N-dealkylation sites (N-methyl/N-ethyl adjacent to an activating group) is 1. The van der Waals surface area contributed by atoms with Gasteiger partial charge < -0.3 is 47.4 Å². The minimum Gasteiger partial charge on any atom is -0.325 e. The van der Waals surface area contributed by atoms with Crippen LogP contribution >= 0.6 is 0 Å². The Morgan fingerprint density at radius 3 is 1.56 bits per heavy atom. The van der Waals surface area contributed by atoms with Crippen LogP contribution in [0.25, 0.3) is 0 Å². The lowest BCUT2D eigenvalue weighted by molar-refractivity contribution is -0.172. The van der Waals surface area contributed by atoms with E-state index in [1.165, 1.54) is 0 Å². The molecule has 0 saturated carbocycles. The molecule has 8 N–H and O–H groups in total. The molecule has 1 aromatic carbocycles. The Kier molecular flexibility index (Phi) is 12.0. The molecule has 4 heterocycles. The van der Waals surface area contributed by atoms with Gasteiger partial charge in [-0.3, -0.25) is 9.59 Å². The molecule has 0 atom stereocenters. The van der Waals surface area contributed by atoms with E-state index in [9.17, 15) is 14.4 Å². The summed E-state index contributed by atoms with van der Waals surface area (Å²) in [5.74, 6) is -1.70. The molecule has 41 heavy (non-hydrogen) atoms. The summed E-state index contributed by atoms with van der Waals surface area (Å²) in [5.41, 5.74) is 0.985. The van der Waals surface area contributed by atoms with Crippen LogP contribution in [-0.2, 0) is 21.0 Å². The van der Waals surface area contributed by atoms with Crippen LogP contribution in [0, 0.1) is 0 Å². The molecule has 13 nitrogen and oxygen atoms in total. The van der Waals surface area contributed by atoms with E-state index in [0.29, 0.717) is 11.6 Å². The third-order valence-electron chi connectivity index (χ3n) is 7.80. The molecule has 4 aliphatic heterocycles. The molecule has 13 heteroatoms. The Labute approximate surface area is 242 Å². The fourth-order valence-electron chi connectivity index (χ4n) is 5.46. The molecular formula is C28H47N9O4. The summed E-state index contributed by atoms with van der Waals surface area (Å²) in [4.78, 5) is 41.1. The van der Waals surface area contributed by atoms with Gasteiger partial charge >= 0.3 is 5.97 Å². The average Bonchev–Trinajstić information content (AvgIpc) is 3.29. The predicted octanol–water partition coefficient (Wildman–Crippen LogP) is -2.35. The highest BCUT2D eigenvalue weighted by molar-refractivity contribution is 6.02. The second-order valence-electron chi connectivity index (χ2n) is 11.2. The van der Waals surface area contributed by atoms with Gasteiger partial charge in [0.25, 0.3) is 11.8 Å². The first kappa shape index (κ1) is 31.4. The Morgan fingerprint density at radius 2 is 1.15 bits per heavy atom. The maximum Gasteiger partial charge on any atom is 0.363 e. The second kappa shape index (κ2) is 15.7. The van der Waals surface area contributed by atoms with Crippen molar-refractivity contribution in [1.29, 1.82) is 0 Å². The number of hydrogen-bond donors (Lipinski definition) is 8. The van der Waals surface area contributed by atoms with Crippen LogP contribution in [0.3, 0.4) is 0 Å². The fraction of sp³-hybridized carbons (Fsp3) is 0.679. The molecule has 5 rings (SSSR count). The summed E-state index contributed by atoms with van der Waals surface area (Å²) in [6.07, 6.45) is 0.134. The monoisotopic (exact) mass is 573 g/mol. The number of imide groups is 1. The van der Waals surface area contributed by atoms with E-state index in [-0.39, 0.29) is 29.5 Å². The topological polar surface area (TPSA) is 160 Å². The number of fused-ring (bicyclic) bond motifs is 15. The van der Waals surface area contributed by atoms with Gasteiger partial charge in [-0.15, -0.1) is 5.06 Å².